The zero-order valence-corrected chi connectivity index (χ0v) is 15.9. The van der Waals surface area contributed by atoms with Gasteiger partial charge in [0, 0.05) is 24.5 Å². The lowest BCUT2D eigenvalue weighted by Crippen LogP contribution is -3.00. The van der Waals surface area contributed by atoms with Crippen LogP contribution in [-0.4, -0.2) is 19.1 Å². The van der Waals surface area contributed by atoms with E-state index in [-0.39, 0.29) is 23.1 Å². The maximum Gasteiger partial charge on any atom is 0.323 e. The number of para-hydroxylation sites is 1. The number of carbonyl (C=O) groups is 1. The van der Waals surface area contributed by atoms with Crippen molar-refractivity contribution >= 4 is 34.7 Å². The minimum absolute atomic E-state index is 0. The number of carbonyl (C=O) groups excluding carboxylic acids is 1. The fourth-order valence-corrected chi connectivity index (χ4v) is 2.67. The predicted octanol–water partition coefficient (Wildman–Crippen LogP) is 2.28. The molecule has 0 aliphatic rings. The first-order valence-corrected chi connectivity index (χ1v) is 8.21. The summed E-state index contributed by atoms with van der Waals surface area (Å²) in [5.41, 5.74) is 2.65. The number of hydrogen-bond acceptors (Lipinski definition) is 2. The molecule has 0 bridgehead atoms. The van der Waals surface area contributed by atoms with Gasteiger partial charge >= 0.3 is 6.03 Å². The van der Waals surface area contributed by atoms with E-state index in [1.807, 2.05) is 25.1 Å². The summed E-state index contributed by atoms with van der Waals surface area (Å²) in [6, 6.07) is 9.50. The minimum atomic E-state index is -0.578. The molecule has 0 unspecified atom stereocenters. The van der Waals surface area contributed by atoms with E-state index in [9.17, 15) is 9.18 Å². The van der Waals surface area contributed by atoms with Crippen LogP contribution in [-0.2, 0) is 0 Å². The maximum atomic E-state index is 13.7. The summed E-state index contributed by atoms with van der Waals surface area (Å²) in [4.78, 5) is 14.3. The van der Waals surface area contributed by atoms with Gasteiger partial charge in [-0.25, -0.2) is 9.18 Å². The third-order valence-electron chi connectivity index (χ3n) is 3.79. The highest BCUT2D eigenvalue weighted by Gasteiger charge is 2.12. The van der Waals surface area contributed by atoms with Gasteiger partial charge in [0.2, 0.25) is 0 Å². The lowest BCUT2D eigenvalue weighted by atomic mass is 10.1. The van der Waals surface area contributed by atoms with Crippen molar-refractivity contribution in [3.05, 3.63) is 52.8 Å². The van der Waals surface area contributed by atoms with E-state index in [2.05, 4.69) is 29.4 Å². The molecule has 0 aromatic heterocycles. The van der Waals surface area contributed by atoms with Crippen LogP contribution < -0.4 is 27.9 Å². The number of hydrogen-bond donors (Lipinski definition) is 2. The molecule has 7 heteroatoms. The second-order valence-corrected chi connectivity index (χ2v) is 5.75. The Bertz CT molecular complexity index is 716. The molecule has 2 rings (SSSR count). The molecule has 25 heavy (non-hydrogen) atoms. The first kappa shape index (κ1) is 21.1. The van der Waals surface area contributed by atoms with Crippen LogP contribution in [0.25, 0.3) is 0 Å². The van der Waals surface area contributed by atoms with E-state index in [0.29, 0.717) is 5.69 Å². The third-order valence-corrected chi connectivity index (χ3v) is 4.10. The highest BCUT2D eigenvalue weighted by molar-refractivity contribution is 6.33. The molecule has 0 saturated heterocycles. The van der Waals surface area contributed by atoms with Crippen molar-refractivity contribution < 1.29 is 21.6 Å². The number of rotatable bonds is 5. The van der Waals surface area contributed by atoms with Crippen LogP contribution in [0.5, 0.6) is 0 Å². The SMILES string of the molecule is CCN(CC)c1ccc(NC(=O)Nc2c(F)cccc2Cl)c(C)c1.[Cl-]. The molecule has 2 aromatic carbocycles. The highest BCUT2D eigenvalue weighted by Crippen LogP contribution is 2.26. The topological polar surface area (TPSA) is 44.4 Å². The van der Waals surface area contributed by atoms with Gasteiger partial charge in [0.1, 0.15) is 5.82 Å². The number of aryl methyl sites for hydroxylation is 1. The van der Waals surface area contributed by atoms with Gasteiger partial charge in [-0.15, -0.1) is 0 Å². The van der Waals surface area contributed by atoms with E-state index < -0.39 is 11.8 Å². The van der Waals surface area contributed by atoms with Crippen LogP contribution in [0.4, 0.5) is 26.2 Å². The number of halogens is 3. The maximum absolute atomic E-state index is 13.7. The monoisotopic (exact) mass is 384 g/mol. The predicted molar refractivity (Wildman–Crippen MR) is 98.8 cm³/mol. The van der Waals surface area contributed by atoms with Gasteiger partial charge in [-0.2, -0.15) is 0 Å². The van der Waals surface area contributed by atoms with Crippen molar-refractivity contribution in [2.24, 2.45) is 0 Å². The number of urea groups is 1. The molecule has 0 spiro atoms. The average Bonchev–Trinajstić information content (AvgIpc) is 2.55. The minimum Gasteiger partial charge on any atom is -1.00 e. The van der Waals surface area contributed by atoms with Crippen LogP contribution in [0.15, 0.2) is 36.4 Å². The second-order valence-electron chi connectivity index (χ2n) is 5.35. The summed E-state index contributed by atoms with van der Waals surface area (Å²) in [5.74, 6) is -0.578. The van der Waals surface area contributed by atoms with Gasteiger partial charge in [0.25, 0.3) is 0 Å². The number of amides is 2. The van der Waals surface area contributed by atoms with Gasteiger partial charge in [-0.3, -0.25) is 0 Å². The first-order chi connectivity index (χ1) is 11.5. The molecule has 0 radical (unpaired) electrons. The van der Waals surface area contributed by atoms with Gasteiger partial charge in [0.15, 0.2) is 0 Å². The molecule has 2 amide bonds. The Morgan fingerprint density at radius 1 is 1.16 bits per heavy atom. The Balaban J connectivity index is 0.00000312. The lowest BCUT2D eigenvalue weighted by Gasteiger charge is -2.22. The summed E-state index contributed by atoms with van der Waals surface area (Å²) < 4.78 is 13.7. The molecule has 0 saturated carbocycles. The summed E-state index contributed by atoms with van der Waals surface area (Å²) >= 11 is 5.91. The average molecular weight is 385 g/mol. The van der Waals surface area contributed by atoms with Crippen LogP contribution in [0, 0.1) is 12.7 Å². The fourth-order valence-electron chi connectivity index (χ4n) is 2.46. The van der Waals surface area contributed by atoms with Crippen LogP contribution >= 0.6 is 11.6 Å². The molecule has 0 aliphatic carbocycles. The Morgan fingerprint density at radius 2 is 1.84 bits per heavy atom. The van der Waals surface area contributed by atoms with Crippen molar-refractivity contribution in [2.45, 2.75) is 20.8 Å². The smallest absolute Gasteiger partial charge is 0.323 e. The van der Waals surface area contributed by atoms with E-state index in [0.717, 1.165) is 24.3 Å². The summed E-state index contributed by atoms with van der Waals surface area (Å²) in [7, 11) is 0. The van der Waals surface area contributed by atoms with Gasteiger partial charge in [0.05, 0.1) is 10.7 Å². The largest absolute Gasteiger partial charge is 1.00 e. The van der Waals surface area contributed by atoms with Crippen molar-refractivity contribution in [1.82, 2.24) is 0 Å². The van der Waals surface area contributed by atoms with Crippen molar-refractivity contribution in [3.63, 3.8) is 0 Å². The number of anilines is 3. The van der Waals surface area contributed by atoms with Crippen molar-refractivity contribution in [1.29, 1.82) is 0 Å². The Labute approximate surface area is 158 Å². The van der Waals surface area contributed by atoms with Gasteiger partial charge < -0.3 is 27.9 Å². The third kappa shape index (κ3) is 5.25. The molecule has 0 aliphatic heterocycles. The molecular weight excluding hydrogens is 364 g/mol. The van der Waals surface area contributed by atoms with E-state index in [1.165, 1.54) is 18.2 Å². The van der Waals surface area contributed by atoms with E-state index >= 15 is 0 Å². The summed E-state index contributed by atoms with van der Waals surface area (Å²) in [5, 5.41) is 5.32. The van der Waals surface area contributed by atoms with Gasteiger partial charge in [-0.1, -0.05) is 17.7 Å². The fraction of sp³-hybridized carbons (Fsp3) is 0.278. The van der Waals surface area contributed by atoms with E-state index in [4.69, 9.17) is 11.6 Å². The Morgan fingerprint density at radius 3 is 2.40 bits per heavy atom. The van der Waals surface area contributed by atoms with Crippen LogP contribution in [0.3, 0.4) is 0 Å². The molecule has 0 fully saturated rings. The van der Waals surface area contributed by atoms with Crippen molar-refractivity contribution in [2.75, 3.05) is 28.6 Å². The van der Waals surface area contributed by atoms with Crippen LogP contribution in [0.2, 0.25) is 5.02 Å². The quantitative estimate of drug-likeness (QED) is 0.830. The Hall–Kier alpha value is -1.98. The standard InChI is InChI=1S/C18H21ClFN3O.ClH/c1-4-23(5-2)13-9-10-16(12(3)11-13)21-18(24)22-17-14(19)7-6-8-15(17)20;/h6-11H,4-5H2,1-3H3,(H2,21,22,24);1H/p-1. The molecule has 0 atom stereocenters. The summed E-state index contributed by atoms with van der Waals surface area (Å²) in [6.45, 7) is 7.93. The molecular formula is C18H21Cl2FN3O-. The molecule has 4 nitrogen and oxygen atoms in total. The highest BCUT2D eigenvalue weighted by atomic mass is 35.5. The number of nitrogens with one attached hydrogen (secondary N) is 2. The molecule has 0 heterocycles. The molecule has 136 valence electrons. The summed E-state index contributed by atoms with van der Waals surface area (Å²) in [6.07, 6.45) is 0. The van der Waals surface area contributed by atoms with E-state index in [1.54, 1.807) is 0 Å². The zero-order chi connectivity index (χ0) is 17.7. The number of benzene rings is 2. The zero-order valence-electron chi connectivity index (χ0n) is 14.4. The Kier molecular flexibility index (Phi) is 8.00. The first-order valence-electron chi connectivity index (χ1n) is 7.83. The molecule has 2 aromatic rings. The second kappa shape index (κ2) is 9.49. The normalized spacial score (nSPS) is 9.96. The van der Waals surface area contributed by atoms with Crippen molar-refractivity contribution in [3.8, 4) is 0 Å². The van der Waals surface area contributed by atoms with Gasteiger partial charge in [-0.05, 0) is 56.7 Å². The lowest BCUT2D eigenvalue weighted by molar-refractivity contribution is -0.00000834. The van der Waals surface area contributed by atoms with Crippen LogP contribution in [0.1, 0.15) is 19.4 Å². The number of nitrogens with zero attached hydrogens (tertiary/aromatic N) is 1. The molecule has 2 N–H and O–H groups in total.